The average molecular weight is 311 g/mol. The first-order valence-electron chi connectivity index (χ1n) is 6.55. The molecule has 7 heteroatoms. The molecule has 1 aromatic heterocycles. The molecule has 0 spiro atoms. The Bertz CT molecular complexity index is 628. The molecule has 0 atom stereocenters. The molecule has 2 aromatic rings. The summed E-state index contributed by atoms with van der Waals surface area (Å²) >= 11 is 6.09. The molecule has 0 aliphatic heterocycles. The highest BCUT2D eigenvalue weighted by atomic mass is 35.5. The Kier molecular flexibility index (Phi) is 5.03. The van der Waals surface area contributed by atoms with Crippen LogP contribution in [0.4, 0.5) is 0 Å². The highest BCUT2D eigenvalue weighted by molar-refractivity contribution is 6.30. The van der Waals surface area contributed by atoms with Gasteiger partial charge in [0.05, 0.1) is 7.11 Å². The summed E-state index contributed by atoms with van der Waals surface area (Å²) in [6, 6.07) is 3.59. The van der Waals surface area contributed by atoms with Crippen LogP contribution in [-0.2, 0) is 20.2 Å². The molecule has 1 aromatic carbocycles. The lowest BCUT2D eigenvalue weighted by Crippen LogP contribution is -2.10. The van der Waals surface area contributed by atoms with E-state index >= 15 is 0 Å². The van der Waals surface area contributed by atoms with Gasteiger partial charge in [0.2, 0.25) is 0 Å². The third-order valence-corrected chi connectivity index (χ3v) is 3.43. The number of halogens is 1. The molecule has 0 fully saturated rings. The second kappa shape index (κ2) is 6.78. The summed E-state index contributed by atoms with van der Waals surface area (Å²) in [5.41, 5.74) is 0.931. The number of nitrogens with one attached hydrogen (secondary N) is 1. The third-order valence-electron chi connectivity index (χ3n) is 3.21. The molecule has 2 rings (SSSR count). The minimum atomic E-state index is 0.312. The van der Waals surface area contributed by atoms with E-state index in [1.807, 2.05) is 31.7 Å². The van der Waals surface area contributed by atoms with Crippen LogP contribution in [0.5, 0.6) is 11.5 Å². The number of hydrogen-bond acceptors (Lipinski definition) is 5. The number of aromatic nitrogens is 3. The van der Waals surface area contributed by atoms with Gasteiger partial charge in [-0.3, -0.25) is 0 Å². The standard InChI is InChI=1S/C14H19ClN4O2/c1-9-17-18-13(19(9)3)8-21-14-10(7-16-2)5-11(15)6-12(14)20-4/h5-6,16H,7-8H2,1-4H3. The van der Waals surface area contributed by atoms with Gasteiger partial charge in [0.15, 0.2) is 17.3 Å². The van der Waals surface area contributed by atoms with Crippen LogP contribution in [0.25, 0.3) is 0 Å². The van der Waals surface area contributed by atoms with Gasteiger partial charge >= 0.3 is 0 Å². The molecule has 1 N–H and O–H groups in total. The zero-order valence-corrected chi connectivity index (χ0v) is 13.4. The zero-order valence-electron chi connectivity index (χ0n) is 12.6. The smallest absolute Gasteiger partial charge is 0.170 e. The Morgan fingerprint density at radius 3 is 2.67 bits per heavy atom. The van der Waals surface area contributed by atoms with Crippen LogP contribution in [0.1, 0.15) is 17.2 Å². The summed E-state index contributed by atoms with van der Waals surface area (Å²) in [7, 11) is 5.36. The molecular formula is C14H19ClN4O2. The zero-order chi connectivity index (χ0) is 15.4. The molecule has 0 radical (unpaired) electrons. The summed E-state index contributed by atoms with van der Waals surface area (Å²) < 4.78 is 13.1. The summed E-state index contributed by atoms with van der Waals surface area (Å²) in [6.45, 7) is 2.84. The first-order valence-corrected chi connectivity index (χ1v) is 6.93. The van der Waals surface area contributed by atoms with Gasteiger partial charge in [-0.2, -0.15) is 0 Å². The van der Waals surface area contributed by atoms with E-state index in [2.05, 4.69) is 15.5 Å². The fourth-order valence-electron chi connectivity index (χ4n) is 1.97. The number of ether oxygens (including phenoxy) is 2. The van der Waals surface area contributed by atoms with E-state index in [1.165, 1.54) is 0 Å². The minimum absolute atomic E-state index is 0.312. The molecule has 0 bridgehead atoms. The largest absolute Gasteiger partial charge is 0.493 e. The quantitative estimate of drug-likeness (QED) is 0.885. The second-order valence-corrected chi connectivity index (χ2v) is 5.07. The Hall–Kier alpha value is -1.79. The second-order valence-electron chi connectivity index (χ2n) is 4.64. The van der Waals surface area contributed by atoms with E-state index in [-0.39, 0.29) is 0 Å². The van der Waals surface area contributed by atoms with Gasteiger partial charge in [-0.1, -0.05) is 11.6 Å². The lowest BCUT2D eigenvalue weighted by atomic mass is 10.2. The Labute approximate surface area is 129 Å². The normalized spacial score (nSPS) is 10.7. The molecule has 21 heavy (non-hydrogen) atoms. The van der Waals surface area contributed by atoms with E-state index in [0.29, 0.717) is 29.7 Å². The van der Waals surface area contributed by atoms with Crippen LogP contribution in [0.2, 0.25) is 5.02 Å². The maximum Gasteiger partial charge on any atom is 0.170 e. The van der Waals surface area contributed by atoms with E-state index < -0.39 is 0 Å². The highest BCUT2D eigenvalue weighted by Crippen LogP contribution is 2.35. The molecule has 114 valence electrons. The number of hydrogen-bond donors (Lipinski definition) is 1. The third kappa shape index (κ3) is 3.46. The van der Waals surface area contributed by atoms with Crippen molar-refractivity contribution < 1.29 is 9.47 Å². The molecule has 0 saturated carbocycles. The summed E-state index contributed by atoms with van der Waals surface area (Å²) in [6.07, 6.45) is 0. The van der Waals surface area contributed by atoms with Gasteiger partial charge in [0, 0.05) is 30.2 Å². The van der Waals surface area contributed by atoms with Crippen LogP contribution in [0.15, 0.2) is 12.1 Å². The maximum atomic E-state index is 6.09. The van der Waals surface area contributed by atoms with E-state index in [9.17, 15) is 0 Å². The fraction of sp³-hybridized carbons (Fsp3) is 0.429. The summed E-state index contributed by atoms with van der Waals surface area (Å²) in [5.74, 6) is 2.86. The summed E-state index contributed by atoms with van der Waals surface area (Å²) in [4.78, 5) is 0. The van der Waals surface area contributed by atoms with Crippen LogP contribution in [-0.4, -0.2) is 28.9 Å². The van der Waals surface area contributed by atoms with Crippen LogP contribution in [0, 0.1) is 6.92 Å². The molecule has 0 aliphatic rings. The molecule has 1 heterocycles. The van der Waals surface area contributed by atoms with Crippen molar-refractivity contribution in [1.82, 2.24) is 20.1 Å². The SMILES string of the molecule is CNCc1cc(Cl)cc(OC)c1OCc1nnc(C)n1C. The number of methoxy groups -OCH3 is 1. The van der Waals surface area contributed by atoms with Crippen molar-refractivity contribution in [2.75, 3.05) is 14.2 Å². The molecule has 0 aliphatic carbocycles. The number of nitrogens with zero attached hydrogens (tertiary/aromatic N) is 3. The molecule has 0 amide bonds. The Morgan fingerprint density at radius 1 is 1.33 bits per heavy atom. The van der Waals surface area contributed by atoms with Gasteiger partial charge in [-0.05, 0) is 20.0 Å². The van der Waals surface area contributed by atoms with Crippen LogP contribution < -0.4 is 14.8 Å². The van der Waals surface area contributed by atoms with E-state index in [4.69, 9.17) is 21.1 Å². The average Bonchev–Trinajstić information content (AvgIpc) is 2.77. The first kappa shape index (κ1) is 15.6. The first-order chi connectivity index (χ1) is 10.1. The summed E-state index contributed by atoms with van der Waals surface area (Å²) in [5, 5.41) is 11.8. The maximum absolute atomic E-state index is 6.09. The molecule has 0 saturated heterocycles. The topological polar surface area (TPSA) is 61.2 Å². The Balaban J connectivity index is 2.27. The van der Waals surface area contributed by atoms with E-state index in [0.717, 1.165) is 17.2 Å². The molecule has 0 unspecified atom stereocenters. The molecule has 6 nitrogen and oxygen atoms in total. The van der Waals surface area contributed by atoms with Crippen LogP contribution >= 0.6 is 11.6 Å². The predicted molar refractivity (Wildman–Crippen MR) is 80.8 cm³/mol. The van der Waals surface area contributed by atoms with Crippen molar-refractivity contribution in [2.45, 2.75) is 20.1 Å². The van der Waals surface area contributed by atoms with E-state index in [1.54, 1.807) is 13.2 Å². The van der Waals surface area contributed by atoms with Crippen molar-refractivity contribution in [3.05, 3.63) is 34.4 Å². The molecular weight excluding hydrogens is 292 g/mol. The van der Waals surface area contributed by atoms with Gasteiger partial charge in [0.25, 0.3) is 0 Å². The number of benzene rings is 1. The number of rotatable bonds is 6. The van der Waals surface area contributed by atoms with Crippen molar-refractivity contribution >= 4 is 11.6 Å². The Morgan fingerprint density at radius 2 is 2.10 bits per heavy atom. The highest BCUT2D eigenvalue weighted by Gasteiger charge is 2.14. The van der Waals surface area contributed by atoms with Crippen molar-refractivity contribution in [2.24, 2.45) is 7.05 Å². The monoisotopic (exact) mass is 310 g/mol. The fourth-order valence-corrected chi connectivity index (χ4v) is 2.20. The van der Waals surface area contributed by atoms with Gasteiger partial charge in [0.1, 0.15) is 12.4 Å². The van der Waals surface area contributed by atoms with Gasteiger partial charge < -0.3 is 19.4 Å². The predicted octanol–water partition coefficient (Wildman–Crippen LogP) is 2.08. The lowest BCUT2D eigenvalue weighted by molar-refractivity contribution is 0.269. The van der Waals surface area contributed by atoms with Crippen molar-refractivity contribution in [3.63, 3.8) is 0 Å². The van der Waals surface area contributed by atoms with Crippen molar-refractivity contribution in [3.8, 4) is 11.5 Å². The van der Waals surface area contributed by atoms with Crippen LogP contribution in [0.3, 0.4) is 0 Å². The number of aryl methyl sites for hydroxylation is 1. The van der Waals surface area contributed by atoms with Crippen molar-refractivity contribution in [1.29, 1.82) is 0 Å². The minimum Gasteiger partial charge on any atom is -0.493 e. The lowest BCUT2D eigenvalue weighted by Gasteiger charge is -2.15. The van der Waals surface area contributed by atoms with Gasteiger partial charge in [-0.25, -0.2) is 0 Å². The van der Waals surface area contributed by atoms with Gasteiger partial charge in [-0.15, -0.1) is 10.2 Å².